The number of aromatic amines is 1. The van der Waals surface area contributed by atoms with Crippen molar-refractivity contribution in [1.82, 2.24) is 19.9 Å². The topological polar surface area (TPSA) is 142 Å². The van der Waals surface area contributed by atoms with Gasteiger partial charge < -0.3 is 21.1 Å². The number of hydrogen-bond donors (Lipinski definition) is 4. The minimum Gasteiger partial charge on any atom is -0.369 e. The highest BCUT2D eigenvalue weighted by molar-refractivity contribution is 6.06. The van der Waals surface area contributed by atoms with Gasteiger partial charge in [0, 0.05) is 41.0 Å². The van der Waals surface area contributed by atoms with Crippen molar-refractivity contribution < 1.29 is 9.90 Å². The van der Waals surface area contributed by atoms with E-state index in [1.165, 1.54) is 6.33 Å². The summed E-state index contributed by atoms with van der Waals surface area (Å²) in [6, 6.07) is 9.05. The van der Waals surface area contributed by atoms with Gasteiger partial charge in [0.05, 0.1) is 11.1 Å². The second-order valence-electron chi connectivity index (χ2n) is 8.02. The van der Waals surface area contributed by atoms with Crippen molar-refractivity contribution in [2.45, 2.75) is 19.1 Å². The Labute approximate surface area is 189 Å². The number of aliphatic hydroxyl groups is 1. The number of nitrogens with zero attached hydrogens (tertiary/aromatic N) is 4. The quantitative estimate of drug-likeness (QED) is 0.362. The number of carbonyl (C=O) groups is 1. The van der Waals surface area contributed by atoms with Gasteiger partial charge in [0.1, 0.15) is 17.8 Å². The number of H-pyrrole nitrogens is 1. The lowest BCUT2D eigenvalue weighted by Crippen LogP contribution is -2.21. The first-order valence-corrected chi connectivity index (χ1v) is 10.7. The second-order valence-corrected chi connectivity index (χ2v) is 8.02. The van der Waals surface area contributed by atoms with E-state index in [0.29, 0.717) is 29.0 Å². The summed E-state index contributed by atoms with van der Waals surface area (Å²) >= 11 is 0. The smallest absolute Gasteiger partial charge is 0.250 e. The number of primary amides is 1. The highest BCUT2D eigenvalue weighted by Crippen LogP contribution is 2.27. The SMILES string of the molecule is NC(=O)c1cccc2c(NCC3CC=C/C(=N\C(O)c4c[nH]c5ncccc45)C3)ncnc12. The van der Waals surface area contributed by atoms with Crippen molar-refractivity contribution in [1.29, 1.82) is 0 Å². The summed E-state index contributed by atoms with van der Waals surface area (Å²) in [6.45, 7) is 0.656. The predicted octanol–water partition coefficient (Wildman–Crippen LogP) is 3.12. The number of allylic oxidation sites excluding steroid dienone is 2. The van der Waals surface area contributed by atoms with Gasteiger partial charge in [-0.05, 0) is 49.1 Å². The molecule has 5 N–H and O–H groups in total. The van der Waals surface area contributed by atoms with Gasteiger partial charge in [-0.1, -0.05) is 12.1 Å². The lowest BCUT2D eigenvalue weighted by molar-refractivity contribution is 0.100. The summed E-state index contributed by atoms with van der Waals surface area (Å²) in [4.78, 5) is 32.2. The molecule has 9 heteroatoms. The Balaban J connectivity index is 1.30. The Morgan fingerprint density at radius 2 is 2.12 bits per heavy atom. The van der Waals surface area contributed by atoms with E-state index in [0.717, 1.165) is 35.0 Å². The molecule has 0 bridgehead atoms. The summed E-state index contributed by atoms with van der Waals surface area (Å²) in [5, 5.41) is 15.7. The average molecular weight is 441 g/mol. The average Bonchev–Trinajstić information content (AvgIpc) is 3.27. The van der Waals surface area contributed by atoms with Gasteiger partial charge in [0.15, 0.2) is 6.23 Å². The molecule has 3 aromatic heterocycles. The zero-order chi connectivity index (χ0) is 22.8. The van der Waals surface area contributed by atoms with Crippen LogP contribution < -0.4 is 11.1 Å². The molecule has 0 spiro atoms. The van der Waals surface area contributed by atoms with Crippen LogP contribution >= 0.6 is 0 Å². The van der Waals surface area contributed by atoms with Crippen LogP contribution in [0.5, 0.6) is 0 Å². The summed E-state index contributed by atoms with van der Waals surface area (Å²) in [5.74, 6) is 0.408. The molecule has 33 heavy (non-hydrogen) atoms. The van der Waals surface area contributed by atoms with Crippen LogP contribution in [-0.4, -0.2) is 43.2 Å². The van der Waals surface area contributed by atoms with Crippen molar-refractivity contribution in [3.05, 3.63) is 72.3 Å². The van der Waals surface area contributed by atoms with E-state index >= 15 is 0 Å². The standard InChI is InChI=1S/C24H23N7O2/c25-21(32)17-6-2-7-18-20(17)29-13-30-23(18)27-11-14-4-1-5-15(10-14)31-24(33)19-12-28-22-16(19)8-3-9-26-22/h1-3,5-9,12-14,24,33H,4,10-11H2,(H2,25,32)(H,26,28)(H,27,29,30)/b31-15+. The highest BCUT2D eigenvalue weighted by atomic mass is 16.3. The van der Waals surface area contributed by atoms with Gasteiger partial charge in [-0.3, -0.25) is 9.79 Å². The number of aromatic nitrogens is 4. The van der Waals surface area contributed by atoms with Crippen LogP contribution in [0.25, 0.3) is 21.9 Å². The fourth-order valence-electron chi connectivity index (χ4n) is 4.18. The third-order valence-electron chi connectivity index (χ3n) is 5.82. The Bertz CT molecular complexity index is 1390. The Hall–Kier alpha value is -4.11. The number of nitrogens with two attached hydrogens (primary N) is 1. The van der Waals surface area contributed by atoms with Gasteiger partial charge in [-0.25, -0.2) is 15.0 Å². The molecule has 0 fully saturated rings. The monoisotopic (exact) mass is 441 g/mol. The van der Waals surface area contributed by atoms with Crippen LogP contribution in [0.15, 0.2) is 66.2 Å². The van der Waals surface area contributed by atoms with Gasteiger partial charge in [0.25, 0.3) is 5.91 Å². The molecule has 1 amide bonds. The molecule has 2 unspecified atom stereocenters. The summed E-state index contributed by atoms with van der Waals surface area (Å²) in [5.41, 5.74) is 8.64. The molecule has 1 aliphatic rings. The Morgan fingerprint density at radius 1 is 1.24 bits per heavy atom. The number of aliphatic imine (C=N–C) groups is 1. The lowest BCUT2D eigenvalue weighted by Gasteiger charge is -2.21. The molecule has 1 aliphatic carbocycles. The molecule has 1 aromatic carbocycles. The van der Waals surface area contributed by atoms with Gasteiger partial charge in [-0.15, -0.1) is 0 Å². The number of anilines is 1. The van der Waals surface area contributed by atoms with E-state index in [4.69, 9.17) is 5.73 Å². The minimum absolute atomic E-state index is 0.273. The Morgan fingerprint density at radius 3 is 3.00 bits per heavy atom. The van der Waals surface area contributed by atoms with Crippen LogP contribution in [0.2, 0.25) is 0 Å². The van der Waals surface area contributed by atoms with Gasteiger partial charge in [0.2, 0.25) is 0 Å². The molecule has 0 aliphatic heterocycles. The fourth-order valence-corrected chi connectivity index (χ4v) is 4.18. The largest absolute Gasteiger partial charge is 0.369 e. The van der Waals surface area contributed by atoms with E-state index < -0.39 is 12.1 Å². The molecule has 5 rings (SSSR count). The van der Waals surface area contributed by atoms with Crippen molar-refractivity contribution in [3.8, 4) is 0 Å². The van der Waals surface area contributed by atoms with E-state index in [2.05, 4.69) is 36.3 Å². The maximum Gasteiger partial charge on any atom is 0.250 e. The number of hydrogen-bond acceptors (Lipinski definition) is 7. The van der Waals surface area contributed by atoms with E-state index in [9.17, 15) is 9.90 Å². The van der Waals surface area contributed by atoms with Crippen molar-refractivity contribution in [2.24, 2.45) is 16.6 Å². The van der Waals surface area contributed by atoms with Gasteiger partial charge >= 0.3 is 0 Å². The second kappa shape index (κ2) is 8.79. The number of amides is 1. The predicted molar refractivity (Wildman–Crippen MR) is 127 cm³/mol. The number of aliphatic hydroxyl groups excluding tert-OH is 1. The van der Waals surface area contributed by atoms with Crippen molar-refractivity contribution >= 4 is 39.4 Å². The third kappa shape index (κ3) is 4.18. The summed E-state index contributed by atoms with van der Waals surface area (Å²) in [6.07, 6.45) is 9.55. The zero-order valence-electron chi connectivity index (χ0n) is 17.8. The zero-order valence-corrected chi connectivity index (χ0v) is 17.8. The highest BCUT2D eigenvalue weighted by Gasteiger charge is 2.18. The molecule has 0 radical (unpaired) electrons. The Kier molecular flexibility index (Phi) is 5.54. The molecule has 0 saturated carbocycles. The summed E-state index contributed by atoms with van der Waals surface area (Å²) < 4.78 is 0. The van der Waals surface area contributed by atoms with Crippen LogP contribution in [0.1, 0.15) is 35.0 Å². The van der Waals surface area contributed by atoms with Crippen LogP contribution in [0, 0.1) is 5.92 Å². The molecule has 166 valence electrons. The maximum atomic E-state index is 11.7. The maximum absolute atomic E-state index is 11.7. The van der Waals surface area contributed by atoms with E-state index in [1.54, 1.807) is 24.5 Å². The molecule has 0 saturated heterocycles. The van der Waals surface area contributed by atoms with E-state index in [1.807, 2.05) is 24.3 Å². The number of rotatable bonds is 6. The fraction of sp³-hybridized carbons (Fsp3) is 0.208. The molecule has 4 aromatic rings. The first kappa shape index (κ1) is 20.8. The molecular formula is C24H23N7O2. The van der Waals surface area contributed by atoms with Crippen molar-refractivity contribution in [3.63, 3.8) is 0 Å². The van der Waals surface area contributed by atoms with Crippen LogP contribution in [-0.2, 0) is 0 Å². The third-order valence-corrected chi connectivity index (χ3v) is 5.82. The number of pyridine rings is 1. The minimum atomic E-state index is -0.965. The number of carbonyl (C=O) groups excluding carboxylic acids is 1. The molecule has 9 nitrogen and oxygen atoms in total. The normalized spacial score (nSPS) is 18.1. The van der Waals surface area contributed by atoms with Crippen LogP contribution in [0.3, 0.4) is 0 Å². The number of fused-ring (bicyclic) bond motifs is 2. The molecule has 3 heterocycles. The lowest BCUT2D eigenvalue weighted by atomic mass is 9.92. The first-order chi connectivity index (χ1) is 16.1. The molecular weight excluding hydrogens is 418 g/mol. The molecule has 2 atom stereocenters. The van der Waals surface area contributed by atoms with Gasteiger partial charge in [-0.2, -0.15) is 0 Å². The number of nitrogens with one attached hydrogen (secondary N) is 2. The van der Waals surface area contributed by atoms with Crippen LogP contribution in [0.4, 0.5) is 5.82 Å². The summed E-state index contributed by atoms with van der Waals surface area (Å²) in [7, 11) is 0. The number of para-hydroxylation sites is 1. The van der Waals surface area contributed by atoms with E-state index in [-0.39, 0.29) is 5.92 Å². The number of benzene rings is 1. The van der Waals surface area contributed by atoms with Crippen molar-refractivity contribution in [2.75, 3.05) is 11.9 Å². The first-order valence-electron chi connectivity index (χ1n) is 10.7.